The summed E-state index contributed by atoms with van der Waals surface area (Å²) in [6.45, 7) is 3.52. The predicted octanol–water partition coefficient (Wildman–Crippen LogP) is 2.11. The van der Waals surface area contributed by atoms with Crippen molar-refractivity contribution >= 4 is 11.9 Å². The second kappa shape index (κ2) is 7.16. The molecule has 24 heavy (non-hydrogen) atoms. The van der Waals surface area contributed by atoms with Gasteiger partial charge in [0, 0.05) is 12.7 Å². The van der Waals surface area contributed by atoms with Crippen molar-refractivity contribution in [2.45, 2.75) is 20.3 Å². The highest BCUT2D eigenvalue weighted by molar-refractivity contribution is 5.92. The molecule has 0 fully saturated rings. The van der Waals surface area contributed by atoms with Crippen LogP contribution in [0.25, 0.3) is 5.69 Å². The number of rotatable bonds is 7. The van der Waals surface area contributed by atoms with Gasteiger partial charge >= 0.3 is 5.97 Å². The third kappa shape index (κ3) is 4.13. The molecular formula is C17H21N3O4. The molecule has 0 radical (unpaired) electrons. The molecule has 128 valence electrons. The van der Waals surface area contributed by atoms with Crippen LogP contribution in [-0.4, -0.2) is 40.4 Å². The first-order chi connectivity index (χ1) is 11.3. The Morgan fingerprint density at radius 1 is 1.25 bits per heavy atom. The van der Waals surface area contributed by atoms with Gasteiger partial charge in [0.1, 0.15) is 5.75 Å². The molecule has 0 saturated carbocycles. The summed E-state index contributed by atoms with van der Waals surface area (Å²) in [5.41, 5.74) is 0.205. The molecule has 2 rings (SSSR count). The average molecular weight is 331 g/mol. The molecule has 0 unspecified atom stereocenters. The molecule has 0 atom stereocenters. The molecule has 0 aliphatic carbocycles. The summed E-state index contributed by atoms with van der Waals surface area (Å²) in [5.74, 6) is -0.478. The van der Waals surface area contributed by atoms with E-state index in [1.54, 1.807) is 37.9 Å². The van der Waals surface area contributed by atoms with Gasteiger partial charge in [-0.1, -0.05) is 0 Å². The Kier molecular flexibility index (Phi) is 5.23. The number of nitrogens with zero attached hydrogens (tertiary/aromatic N) is 2. The summed E-state index contributed by atoms with van der Waals surface area (Å²) in [4.78, 5) is 23.1. The number of nitrogens with one attached hydrogen (secondary N) is 1. The normalized spacial score (nSPS) is 11.1. The van der Waals surface area contributed by atoms with Gasteiger partial charge in [0.15, 0.2) is 5.69 Å². The van der Waals surface area contributed by atoms with Gasteiger partial charge in [-0.3, -0.25) is 9.59 Å². The number of carboxylic acids is 1. The Labute approximate surface area is 140 Å². The number of hydrogen-bond acceptors (Lipinski definition) is 4. The Bertz CT molecular complexity index is 720. The number of hydrogen-bond donors (Lipinski definition) is 2. The van der Waals surface area contributed by atoms with E-state index in [0.29, 0.717) is 6.42 Å². The lowest BCUT2D eigenvalue weighted by molar-refractivity contribution is -0.147. The zero-order valence-corrected chi connectivity index (χ0v) is 13.9. The highest BCUT2D eigenvalue weighted by atomic mass is 16.5. The molecule has 0 spiro atoms. The SMILES string of the molecule is COc1ccc(-n2ccc(C(=O)NCCC(C)(C)C(=O)O)n2)cc1. The van der Waals surface area contributed by atoms with Gasteiger partial charge < -0.3 is 15.2 Å². The van der Waals surface area contributed by atoms with Crippen molar-refractivity contribution in [3.05, 3.63) is 42.2 Å². The molecular weight excluding hydrogens is 310 g/mol. The lowest BCUT2D eigenvalue weighted by Crippen LogP contribution is -2.32. The van der Waals surface area contributed by atoms with Crippen molar-refractivity contribution in [2.75, 3.05) is 13.7 Å². The molecule has 1 aromatic heterocycles. The lowest BCUT2D eigenvalue weighted by Gasteiger charge is -2.18. The fourth-order valence-electron chi connectivity index (χ4n) is 2.01. The lowest BCUT2D eigenvalue weighted by atomic mass is 9.90. The molecule has 0 aliphatic rings. The molecule has 7 nitrogen and oxygen atoms in total. The number of carboxylic acid groups (broad SMARTS) is 1. The quantitative estimate of drug-likeness (QED) is 0.810. The number of ether oxygens (including phenoxy) is 1. The maximum absolute atomic E-state index is 12.1. The van der Waals surface area contributed by atoms with E-state index in [2.05, 4.69) is 10.4 Å². The Hall–Kier alpha value is -2.83. The number of carbonyl (C=O) groups is 2. The van der Waals surface area contributed by atoms with Gasteiger partial charge in [-0.15, -0.1) is 0 Å². The van der Waals surface area contributed by atoms with Crippen LogP contribution in [0.5, 0.6) is 5.75 Å². The molecule has 7 heteroatoms. The van der Waals surface area contributed by atoms with E-state index in [9.17, 15) is 9.59 Å². The standard InChI is InChI=1S/C17H21N3O4/c1-17(2,16(22)23)9-10-18-15(21)14-8-11-20(19-14)12-4-6-13(24-3)7-5-12/h4-8,11H,9-10H2,1-3H3,(H,18,21)(H,22,23). The maximum atomic E-state index is 12.1. The van der Waals surface area contributed by atoms with E-state index in [1.165, 1.54) is 0 Å². The van der Waals surface area contributed by atoms with Gasteiger partial charge in [-0.25, -0.2) is 4.68 Å². The van der Waals surface area contributed by atoms with Crippen molar-refractivity contribution in [1.29, 1.82) is 0 Å². The number of aromatic nitrogens is 2. The van der Waals surface area contributed by atoms with Crippen LogP contribution in [0.1, 0.15) is 30.8 Å². The highest BCUT2D eigenvalue weighted by Gasteiger charge is 2.26. The summed E-state index contributed by atoms with van der Waals surface area (Å²) in [5, 5.41) is 16.0. The van der Waals surface area contributed by atoms with Crippen LogP contribution in [0.3, 0.4) is 0 Å². The summed E-state index contributed by atoms with van der Waals surface area (Å²) < 4.78 is 6.69. The van der Waals surface area contributed by atoms with E-state index >= 15 is 0 Å². The minimum atomic E-state index is -0.888. The third-order valence-electron chi connectivity index (χ3n) is 3.77. The fourth-order valence-corrected chi connectivity index (χ4v) is 2.01. The number of aliphatic carboxylic acids is 1. The van der Waals surface area contributed by atoms with E-state index in [0.717, 1.165) is 11.4 Å². The Balaban J connectivity index is 1.97. The van der Waals surface area contributed by atoms with Crippen LogP contribution < -0.4 is 10.1 Å². The van der Waals surface area contributed by atoms with Crippen molar-refractivity contribution in [3.8, 4) is 11.4 Å². The number of methoxy groups -OCH3 is 1. The van der Waals surface area contributed by atoms with E-state index in [1.807, 2.05) is 24.3 Å². The largest absolute Gasteiger partial charge is 0.497 e. The molecule has 0 bridgehead atoms. The molecule has 1 heterocycles. The van der Waals surface area contributed by atoms with Gasteiger partial charge in [-0.05, 0) is 50.6 Å². The molecule has 1 amide bonds. The van der Waals surface area contributed by atoms with Crippen LogP contribution in [0.4, 0.5) is 0 Å². The van der Waals surface area contributed by atoms with Crippen molar-refractivity contribution in [2.24, 2.45) is 5.41 Å². The highest BCUT2D eigenvalue weighted by Crippen LogP contribution is 2.19. The van der Waals surface area contributed by atoms with Crippen LogP contribution in [0, 0.1) is 5.41 Å². The number of amides is 1. The topological polar surface area (TPSA) is 93.5 Å². The van der Waals surface area contributed by atoms with Gasteiger partial charge in [-0.2, -0.15) is 5.10 Å². The Morgan fingerprint density at radius 2 is 1.92 bits per heavy atom. The van der Waals surface area contributed by atoms with Crippen molar-refractivity contribution in [3.63, 3.8) is 0 Å². The summed E-state index contributed by atoms with van der Waals surface area (Å²) >= 11 is 0. The molecule has 0 saturated heterocycles. The van der Waals surface area contributed by atoms with Gasteiger partial charge in [0.2, 0.25) is 0 Å². The number of benzene rings is 1. The maximum Gasteiger partial charge on any atom is 0.309 e. The first-order valence-electron chi connectivity index (χ1n) is 7.55. The van der Waals surface area contributed by atoms with Gasteiger partial charge in [0.25, 0.3) is 5.91 Å². The first-order valence-corrected chi connectivity index (χ1v) is 7.55. The molecule has 2 N–H and O–H groups in total. The molecule has 1 aromatic carbocycles. The van der Waals surface area contributed by atoms with Crippen LogP contribution in [-0.2, 0) is 4.79 Å². The van der Waals surface area contributed by atoms with E-state index in [4.69, 9.17) is 9.84 Å². The smallest absolute Gasteiger partial charge is 0.309 e. The summed E-state index contributed by atoms with van der Waals surface area (Å²) in [6, 6.07) is 8.91. The minimum absolute atomic E-state index is 0.271. The third-order valence-corrected chi connectivity index (χ3v) is 3.77. The Morgan fingerprint density at radius 3 is 2.50 bits per heavy atom. The minimum Gasteiger partial charge on any atom is -0.497 e. The second-order valence-electron chi connectivity index (χ2n) is 6.04. The zero-order chi connectivity index (χ0) is 17.7. The van der Waals surface area contributed by atoms with Crippen LogP contribution >= 0.6 is 0 Å². The fraction of sp³-hybridized carbons (Fsp3) is 0.353. The van der Waals surface area contributed by atoms with Gasteiger partial charge in [0.05, 0.1) is 18.2 Å². The van der Waals surface area contributed by atoms with Crippen molar-refractivity contribution < 1.29 is 19.4 Å². The average Bonchev–Trinajstić information content (AvgIpc) is 3.04. The van der Waals surface area contributed by atoms with E-state index < -0.39 is 11.4 Å². The summed E-state index contributed by atoms with van der Waals surface area (Å²) in [7, 11) is 1.59. The van der Waals surface area contributed by atoms with E-state index in [-0.39, 0.29) is 18.1 Å². The summed E-state index contributed by atoms with van der Waals surface area (Å²) in [6.07, 6.45) is 2.03. The molecule has 2 aromatic rings. The first kappa shape index (κ1) is 17.5. The number of carbonyl (C=O) groups excluding carboxylic acids is 1. The van der Waals surface area contributed by atoms with Crippen LogP contribution in [0.2, 0.25) is 0 Å². The molecule has 0 aliphatic heterocycles. The monoisotopic (exact) mass is 331 g/mol. The second-order valence-corrected chi connectivity index (χ2v) is 6.04. The predicted molar refractivity (Wildman–Crippen MR) is 88.5 cm³/mol. The zero-order valence-electron chi connectivity index (χ0n) is 13.9. The van der Waals surface area contributed by atoms with Crippen molar-refractivity contribution in [1.82, 2.24) is 15.1 Å². The van der Waals surface area contributed by atoms with Crippen LogP contribution in [0.15, 0.2) is 36.5 Å².